The van der Waals surface area contributed by atoms with Crippen molar-refractivity contribution in [2.24, 2.45) is 5.92 Å². The summed E-state index contributed by atoms with van der Waals surface area (Å²) >= 11 is 0. The summed E-state index contributed by atoms with van der Waals surface area (Å²) in [5.74, 6) is -3.87. The van der Waals surface area contributed by atoms with Gasteiger partial charge in [-0.1, -0.05) is 19.9 Å². The summed E-state index contributed by atoms with van der Waals surface area (Å²) in [4.78, 5) is 37.0. The molecule has 0 saturated heterocycles. The molecule has 0 fully saturated rings. The number of amides is 1. The fraction of sp³-hybridized carbons (Fsp3) is 0.200. The second kappa shape index (κ2) is 7.34. The summed E-state index contributed by atoms with van der Waals surface area (Å²) in [5, 5.41) is 31.4. The molecule has 150 valence electrons. The van der Waals surface area contributed by atoms with Crippen molar-refractivity contribution in [1.82, 2.24) is 0 Å². The van der Waals surface area contributed by atoms with Gasteiger partial charge >= 0.3 is 5.69 Å². The van der Waals surface area contributed by atoms with Gasteiger partial charge in [0.05, 0.1) is 16.5 Å². The molecule has 0 spiro atoms. The van der Waals surface area contributed by atoms with E-state index in [0.717, 1.165) is 29.2 Å². The lowest BCUT2D eigenvalue weighted by Crippen LogP contribution is -2.31. The maximum absolute atomic E-state index is 13.3. The van der Waals surface area contributed by atoms with Gasteiger partial charge in [0.25, 0.3) is 5.91 Å². The number of halogens is 1. The van der Waals surface area contributed by atoms with Gasteiger partial charge in [0.15, 0.2) is 17.3 Å². The molecule has 2 N–H and O–H groups in total. The number of hydrogen-bond donors (Lipinski definition) is 2. The van der Waals surface area contributed by atoms with Crippen LogP contribution in [-0.2, 0) is 9.59 Å². The fourth-order valence-corrected chi connectivity index (χ4v) is 3.21. The van der Waals surface area contributed by atoms with Gasteiger partial charge in [-0.3, -0.25) is 24.6 Å². The van der Waals surface area contributed by atoms with Gasteiger partial charge in [-0.05, 0) is 35.9 Å². The molecule has 0 aliphatic carbocycles. The molecule has 2 aromatic carbocycles. The third-order valence-electron chi connectivity index (χ3n) is 4.61. The minimum atomic E-state index is -1.18. The molecule has 1 aliphatic rings. The number of ketones is 1. The highest BCUT2D eigenvalue weighted by Crippen LogP contribution is 2.43. The molecule has 3 rings (SSSR count). The Morgan fingerprint density at radius 2 is 1.79 bits per heavy atom. The highest BCUT2D eigenvalue weighted by molar-refractivity contribution is 6.16. The molecule has 2 aromatic rings. The highest BCUT2D eigenvalue weighted by atomic mass is 19.1. The van der Waals surface area contributed by atoms with Crippen LogP contribution in [0.5, 0.6) is 5.75 Å². The number of aliphatic hydroxyl groups is 1. The number of aliphatic hydroxyl groups excluding tert-OH is 1. The van der Waals surface area contributed by atoms with Gasteiger partial charge < -0.3 is 10.2 Å². The van der Waals surface area contributed by atoms with E-state index in [1.54, 1.807) is 13.8 Å². The number of anilines is 1. The van der Waals surface area contributed by atoms with E-state index in [4.69, 9.17) is 0 Å². The average molecular weight is 400 g/mol. The van der Waals surface area contributed by atoms with E-state index in [1.807, 2.05) is 0 Å². The lowest BCUT2D eigenvalue weighted by molar-refractivity contribution is -0.385. The number of carbonyl (C=O) groups is 2. The average Bonchev–Trinajstić information content (AvgIpc) is 2.93. The number of nitrogens with zero attached hydrogens (tertiary/aromatic N) is 2. The number of Topliss-reactive ketones (excluding diaryl/α,β-unsaturated/α-hetero) is 1. The van der Waals surface area contributed by atoms with E-state index < -0.39 is 51.6 Å². The number of aromatic hydroxyl groups is 1. The van der Waals surface area contributed by atoms with Crippen LogP contribution in [0.15, 0.2) is 53.8 Å². The molecule has 0 radical (unpaired) electrons. The molecule has 1 unspecified atom stereocenters. The molecular formula is C20H17FN2O6. The lowest BCUT2D eigenvalue weighted by atomic mass is 9.91. The number of nitro benzene ring substituents is 1. The lowest BCUT2D eigenvalue weighted by Gasteiger charge is -2.27. The summed E-state index contributed by atoms with van der Waals surface area (Å²) in [6.45, 7) is 3.17. The van der Waals surface area contributed by atoms with Crippen molar-refractivity contribution >= 4 is 23.1 Å². The minimum Gasteiger partial charge on any atom is -0.503 e. The Morgan fingerprint density at radius 1 is 1.17 bits per heavy atom. The molecule has 9 heteroatoms. The third-order valence-corrected chi connectivity index (χ3v) is 4.61. The summed E-state index contributed by atoms with van der Waals surface area (Å²) in [5.41, 5.74) is -0.499. The van der Waals surface area contributed by atoms with E-state index in [-0.39, 0.29) is 16.8 Å². The predicted molar refractivity (Wildman–Crippen MR) is 101 cm³/mol. The van der Waals surface area contributed by atoms with Crippen LogP contribution in [0.1, 0.15) is 25.5 Å². The number of phenols is 1. The van der Waals surface area contributed by atoms with E-state index in [9.17, 15) is 34.3 Å². The van der Waals surface area contributed by atoms with Gasteiger partial charge in [-0.2, -0.15) is 0 Å². The van der Waals surface area contributed by atoms with Crippen LogP contribution in [0.25, 0.3) is 0 Å². The molecule has 1 amide bonds. The van der Waals surface area contributed by atoms with Crippen molar-refractivity contribution in [3.8, 4) is 5.75 Å². The molecule has 0 aromatic heterocycles. The molecule has 8 nitrogen and oxygen atoms in total. The maximum atomic E-state index is 13.3. The zero-order valence-corrected chi connectivity index (χ0v) is 15.5. The minimum absolute atomic E-state index is 0.139. The van der Waals surface area contributed by atoms with Gasteiger partial charge in [0.1, 0.15) is 5.82 Å². The maximum Gasteiger partial charge on any atom is 0.311 e. The topological polar surface area (TPSA) is 121 Å². The predicted octanol–water partition coefficient (Wildman–Crippen LogP) is 3.56. The Morgan fingerprint density at radius 3 is 2.34 bits per heavy atom. The highest BCUT2D eigenvalue weighted by Gasteiger charge is 2.45. The SMILES string of the molecule is CC(C)C(=O)C1=C(O)C(=O)N(c2ccc(F)cc2)C1c1ccc(O)c([N+](=O)[O-])c1. The number of nitro groups is 1. The Balaban J connectivity index is 2.24. The van der Waals surface area contributed by atoms with E-state index in [1.165, 1.54) is 18.2 Å². The van der Waals surface area contributed by atoms with Crippen molar-refractivity contribution in [3.05, 3.63) is 75.3 Å². The number of benzene rings is 2. The number of hydrogen-bond acceptors (Lipinski definition) is 6. The molecule has 0 saturated carbocycles. The van der Waals surface area contributed by atoms with E-state index in [0.29, 0.717) is 0 Å². The number of phenolic OH excluding ortho intramolecular Hbond substituents is 1. The van der Waals surface area contributed by atoms with Crippen molar-refractivity contribution in [2.45, 2.75) is 19.9 Å². The molecule has 29 heavy (non-hydrogen) atoms. The summed E-state index contributed by atoms with van der Waals surface area (Å²) in [7, 11) is 0. The summed E-state index contributed by atoms with van der Waals surface area (Å²) in [6.07, 6.45) is 0. The van der Waals surface area contributed by atoms with E-state index >= 15 is 0 Å². The first-order chi connectivity index (χ1) is 13.6. The smallest absolute Gasteiger partial charge is 0.311 e. The second-order valence-corrected chi connectivity index (χ2v) is 6.84. The van der Waals surface area contributed by atoms with Gasteiger partial charge in [0, 0.05) is 17.7 Å². The first-order valence-electron chi connectivity index (χ1n) is 8.67. The molecule has 0 bridgehead atoms. The zero-order chi connectivity index (χ0) is 21.5. The first kappa shape index (κ1) is 20.0. The van der Waals surface area contributed by atoms with Gasteiger partial charge in [0.2, 0.25) is 0 Å². The second-order valence-electron chi connectivity index (χ2n) is 6.84. The Labute approximate surface area is 164 Å². The normalized spacial score (nSPS) is 16.6. The van der Waals surface area contributed by atoms with Gasteiger partial charge in [-0.25, -0.2) is 4.39 Å². The van der Waals surface area contributed by atoms with Crippen LogP contribution in [0, 0.1) is 21.8 Å². The first-order valence-corrected chi connectivity index (χ1v) is 8.67. The van der Waals surface area contributed by atoms with Gasteiger partial charge in [-0.15, -0.1) is 0 Å². The molecular weight excluding hydrogens is 383 g/mol. The van der Waals surface area contributed by atoms with Crippen LogP contribution in [-0.4, -0.2) is 26.8 Å². The molecule has 1 atom stereocenters. The molecule has 1 aliphatic heterocycles. The standard InChI is InChI=1S/C20H17FN2O6/c1-10(2)18(25)16-17(11-3-8-15(24)14(9-11)23(28)29)22(20(27)19(16)26)13-6-4-12(21)5-7-13/h3-10,17,24,26H,1-2H3. The van der Waals surface area contributed by atoms with Crippen molar-refractivity contribution < 1.29 is 29.1 Å². The van der Waals surface area contributed by atoms with Crippen LogP contribution >= 0.6 is 0 Å². The third kappa shape index (κ3) is 3.42. The quantitative estimate of drug-likeness (QED) is 0.585. The van der Waals surface area contributed by atoms with Crippen LogP contribution in [0.2, 0.25) is 0 Å². The number of carbonyl (C=O) groups excluding carboxylic acids is 2. The van der Waals surface area contributed by atoms with Crippen LogP contribution in [0.3, 0.4) is 0 Å². The summed E-state index contributed by atoms with van der Waals surface area (Å²) < 4.78 is 13.3. The van der Waals surface area contributed by atoms with E-state index in [2.05, 4.69) is 0 Å². The van der Waals surface area contributed by atoms with Crippen LogP contribution < -0.4 is 4.90 Å². The number of rotatable bonds is 5. The largest absolute Gasteiger partial charge is 0.503 e. The summed E-state index contributed by atoms with van der Waals surface area (Å²) in [6, 6.07) is 7.07. The Hall–Kier alpha value is -3.75. The van der Waals surface area contributed by atoms with Crippen molar-refractivity contribution in [3.63, 3.8) is 0 Å². The van der Waals surface area contributed by atoms with Crippen LogP contribution in [0.4, 0.5) is 15.8 Å². The molecule has 1 heterocycles. The Kier molecular flexibility index (Phi) is 5.06. The fourth-order valence-electron chi connectivity index (χ4n) is 3.21. The Bertz CT molecular complexity index is 1050. The monoisotopic (exact) mass is 400 g/mol. The van der Waals surface area contributed by atoms with Crippen molar-refractivity contribution in [1.29, 1.82) is 0 Å². The zero-order valence-electron chi connectivity index (χ0n) is 15.5. The van der Waals surface area contributed by atoms with Crippen molar-refractivity contribution in [2.75, 3.05) is 4.90 Å².